The first-order chi connectivity index (χ1) is 11.8. The molecule has 1 aliphatic heterocycles. The van der Waals surface area contributed by atoms with Crippen LogP contribution >= 0.6 is 11.3 Å². The van der Waals surface area contributed by atoms with Crippen LogP contribution in [-0.4, -0.2) is 73.8 Å². The monoisotopic (exact) mass is 368 g/mol. The Morgan fingerprint density at radius 1 is 1.16 bits per heavy atom. The lowest BCUT2D eigenvalue weighted by Crippen LogP contribution is -2.50. The summed E-state index contributed by atoms with van der Waals surface area (Å²) in [4.78, 5) is 51.6. The SMILES string of the molecule is COC(=O)c1c(NC(=O)C(=O)N2CCN(C)CC2)sc(C(N)=O)c1C. The molecule has 0 bridgehead atoms. The van der Waals surface area contributed by atoms with Crippen LogP contribution in [0.4, 0.5) is 5.00 Å². The number of nitrogens with zero attached hydrogens (tertiary/aromatic N) is 2. The van der Waals surface area contributed by atoms with E-state index in [1.54, 1.807) is 0 Å². The topological polar surface area (TPSA) is 122 Å². The molecule has 0 saturated carbocycles. The lowest BCUT2D eigenvalue weighted by Gasteiger charge is -2.31. The van der Waals surface area contributed by atoms with Crippen LogP contribution in [0.2, 0.25) is 0 Å². The highest BCUT2D eigenvalue weighted by Gasteiger charge is 2.29. The molecule has 3 amide bonds. The van der Waals surface area contributed by atoms with Gasteiger partial charge in [-0.25, -0.2) is 4.79 Å². The molecule has 1 saturated heterocycles. The molecule has 0 aliphatic carbocycles. The molecule has 136 valence electrons. The molecular weight excluding hydrogens is 348 g/mol. The van der Waals surface area contributed by atoms with E-state index in [2.05, 4.69) is 15.0 Å². The number of primary amides is 1. The smallest absolute Gasteiger partial charge is 0.341 e. The van der Waals surface area contributed by atoms with E-state index in [9.17, 15) is 19.2 Å². The Morgan fingerprint density at radius 2 is 1.76 bits per heavy atom. The third kappa shape index (κ3) is 3.97. The molecular formula is C15H20N4O5S. The molecule has 1 aromatic heterocycles. The Bertz CT molecular complexity index is 722. The van der Waals surface area contributed by atoms with E-state index in [0.29, 0.717) is 31.7 Å². The van der Waals surface area contributed by atoms with Crippen molar-refractivity contribution in [2.75, 3.05) is 45.7 Å². The number of amides is 3. The largest absolute Gasteiger partial charge is 0.465 e. The number of likely N-dealkylation sites (N-methyl/N-ethyl adjacent to an activating group) is 1. The zero-order valence-corrected chi connectivity index (χ0v) is 15.1. The molecule has 9 nitrogen and oxygen atoms in total. The van der Waals surface area contributed by atoms with Crippen LogP contribution < -0.4 is 11.1 Å². The van der Waals surface area contributed by atoms with Gasteiger partial charge in [0.15, 0.2) is 0 Å². The molecule has 2 heterocycles. The second kappa shape index (κ2) is 7.62. The summed E-state index contributed by atoms with van der Waals surface area (Å²) in [7, 11) is 3.12. The Morgan fingerprint density at radius 3 is 2.28 bits per heavy atom. The average Bonchev–Trinajstić information content (AvgIpc) is 2.90. The van der Waals surface area contributed by atoms with Gasteiger partial charge in [0.1, 0.15) is 5.00 Å². The normalized spacial score (nSPS) is 14.9. The summed E-state index contributed by atoms with van der Waals surface area (Å²) in [6.45, 7) is 3.78. The number of carbonyl (C=O) groups is 4. The van der Waals surface area contributed by atoms with Crippen LogP contribution in [0.15, 0.2) is 0 Å². The number of nitrogens with two attached hydrogens (primary N) is 1. The summed E-state index contributed by atoms with van der Waals surface area (Å²) in [5.41, 5.74) is 5.63. The molecule has 0 aromatic carbocycles. The molecule has 0 radical (unpaired) electrons. The summed E-state index contributed by atoms with van der Waals surface area (Å²) in [5.74, 6) is -3.00. The Balaban J connectivity index is 2.22. The minimum atomic E-state index is -0.869. The van der Waals surface area contributed by atoms with Gasteiger partial charge in [-0.15, -0.1) is 11.3 Å². The van der Waals surface area contributed by atoms with Gasteiger partial charge in [-0.2, -0.15) is 0 Å². The van der Waals surface area contributed by atoms with Crippen molar-refractivity contribution in [3.63, 3.8) is 0 Å². The number of carbonyl (C=O) groups excluding carboxylic acids is 4. The molecule has 0 unspecified atom stereocenters. The van der Waals surface area contributed by atoms with Crippen LogP contribution in [0.1, 0.15) is 25.6 Å². The lowest BCUT2D eigenvalue weighted by molar-refractivity contribution is -0.144. The summed E-state index contributed by atoms with van der Waals surface area (Å²) < 4.78 is 4.68. The molecule has 2 rings (SSSR count). The van der Waals surface area contributed by atoms with Gasteiger partial charge in [-0.3, -0.25) is 14.4 Å². The van der Waals surface area contributed by atoms with E-state index in [1.807, 2.05) is 7.05 Å². The standard InChI is InChI=1S/C15H20N4O5S/c1-8-9(15(23)24-3)13(25-10(8)11(16)20)17-12(21)14(22)19-6-4-18(2)5-7-19/h4-7H2,1-3H3,(H2,16,20)(H,17,21). The maximum Gasteiger partial charge on any atom is 0.341 e. The molecule has 25 heavy (non-hydrogen) atoms. The third-order valence-corrected chi connectivity index (χ3v) is 5.19. The highest BCUT2D eigenvalue weighted by molar-refractivity contribution is 7.18. The molecule has 0 spiro atoms. The maximum atomic E-state index is 12.3. The summed E-state index contributed by atoms with van der Waals surface area (Å²) >= 11 is 0.844. The number of esters is 1. The number of nitrogens with one attached hydrogen (secondary N) is 1. The summed E-state index contributed by atoms with van der Waals surface area (Å²) in [5, 5.41) is 2.49. The minimum absolute atomic E-state index is 0.0285. The summed E-state index contributed by atoms with van der Waals surface area (Å²) in [6, 6.07) is 0. The number of rotatable bonds is 3. The number of hydrogen-bond donors (Lipinski definition) is 2. The number of ether oxygens (including phenoxy) is 1. The van der Waals surface area contributed by atoms with Gasteiger partial charge in [0, 0.05) is 26.2 Å². The van der Waals surface area contributed by atoms with Crippen molar-refractivity contribution in [3.8, 4) is 0 Å². The van der Waals surface area contributed by atoms with E-state index in [4.69, 9.17) is 5.73 Å². The first-order valence-electron chi connectivity index (χ1n) is 7.56. The van der Waals surface area contributed by atoms with Gasteiger partial charge >= 0.3 is 17.8 Å². The zero-order chi connectivity index (χ0) is 18.7. The quantitative estimate of drug-likeness (QED) is 0.556. The van der Waals surface area contributed by atoms with Gasteiger partial charge in [-0.1, -0.05) is 0 Å². The van der Waals surface area contributed by atoms with Crippen LogP contribution in [0, 0.1) is 6.92 Å². The Labute approximate surface area is 148 Å². The van der Waals surface area contributed by atoms with E-state index in [-0.39, 0.29) is 15.4 Å². The number of piperazine rings is 1. The third-order valence-electron chi connectivity index (χ3n) is 3.97. The van der Waals surface area contributed by atoms with E-state index in [0.717, 1.165) is 11.3 Å². The van der Waals surface area contributed by atoms with Crippen molar-refractivity contribution < 1.29 is 23.9 Å². The van der Waals surface area contributed by atoms with Crippen molar-refractivity contribution in [2.45, 2.75) is 6.92 Å². The van der Waals surface area contributed by atoms with E-state index >= 15 is 0 Å². The minimum Gasteiger partial charge on any atom is -0.465 e. The second-order valence-electron chi connectivity index (χ2n) is 5.67. The van der Waals surface area contributed by atoms with Crippen molar-refractivity contribution in [2.24, 2.45) is 5.73 Å². The Kier molecular flexibility index (Phi) is 5.75. The van der Waals surface area contributed by atoms with Gasteiger partial charge in [0.05, 0.1) is 17.6 Å². The molecule has 1 aromatic rings. The molecule has 3 N–H and O–H groups in total. The fourth-order valence-electron chi connectivity index (χ4n) is 2.49. The van der Waals surface area contributed by atoms with Gasteiger partial charge in [0.25, 0.3) is 5.91 Å². The van der Waals surface area contributed by atoms with E-state index in [1.165, 1.54) is 18.9 Å². The van der Waals surface area contributed by atoms with Gasteiger partial charge < -0.3 is 25.6 Å². The fraction of sp³-hybridized carbons (Fsp3) is 0.467. The number of hydrogen-bond acceptors (Lipinski definition) is 7. The molecule has 1 aliphatic rings. The highest BCUT2D eigenvalue weighted by Crippen LogP contribution is 2.33. The van der Waals surface area contributed by atoms with Crippen molar-refractivity contribution in [1.29, 1.82) is 0 Å². The van der Waals surface area contributed by atoms with Crippen LogP contribution in [0.25, 0.3) is 0 Å². The van der Waals surface area contributed by atoms with E-state index < -0.39 is 23.7 Å². The van der Waals surface area contributed by atoms with Crippen LogP contribution in [-0.2, 0) is 14.3 Å². The van der Waals surface area contributed by atoms with Crippen molar-refractivity contribution in [1.82, 2.24) is 9.80 Å². The maximum absolute atomic E-state index is 12.3. The zero-order valence-electron chi connectivity index (χ0n) is 14.2. The highest BCUT2D eigenvalue weighted by atomic mass is 32.1. The number of anilines is 1. The predicted octanol–water partition coefficient (Wildman–Crippen LogP) is -0.345. The lowest BCUT2D eigenvalue weighted by atomic mass is 10.1. The number of methoxy groups -OCH3 is 1. The van der Waals surface area contributed by atoms with Crippen LogP contribution in [0.5, 0.6) is 0 Å². The first-order valence-corrected chi connectivity index (χ1v) is 8.38. The van der Waals surface area contributed by atoms with Crippen molar-refractivity contribution >= 4 is 40.0 Å². The molecule has 1 fully saturated rings. The van der Waals surface area contributed by atoms with Crippen LogP contribution in [0.3, 0.4) is 0 Å². The fourth-order valence-corrected chi connectivity index (χ4v) is 3.54. The molecule has 10 heteroatoms. The van der Waals surface area contributed by atoms with Gasteiger partial charge in [0.2, 0.25) is 0 Å². The first kappa shape index (κ1) is 18.9. The summed E-state index contributed by atoms with van der Waals surface area (Å²) in [6.07, 6.45) is 0. The Hall–Kier alpha value is -2.46. The van der Waals surface area contributed by atoms with Gasteiger partial charge in [-0.05, 0) is 19.5 Å². The average molecular weight is 368 g/mol. The second-order valence-corrected chi connectivity index (χ2v) is 6.69. The van der Waals surface area contributed by atoms with Crippen molar-refractivity contribution in [3.05, 3.63) is 16.0 Å². The molecule has 0 atom stereocenters. The predicted molar refractivity (Wildman–Crippen MR) is 91.6 cm³/mol. The number of thiophene rings is 1.